The third-order valence-electron chi connectivity index (χ3n) is 3.31. The van der Waals surface area contributed by atoms with E-state index in [9.17, 15) is 9.59 Å². The SMILES string of the molecule is CC(C)C[C@H](CN)CC(=O)NC(C)C(=O)NC1CC1. The van der Waals surface area contributed by atoms with Gasteiger partial charge in [-0.15, -0.1) is 0 Å². The average Bonchev–Trinajstić information content (AvgIpc) is 3.11. The van der Waals surface area contributed by atoms with Gasteiger partial charge in [-0.05, 0) is 44.6 Å². The molecule has 1 unspecified atom stereocenters. The molecular weight excluding hydrogens is 242 g/mol. The van der Waals surface area contributed by atoms with E-state index in [4.69, 9.17) is 5.73 Å². The molecular formula is C14H27N3O2. The summed E-state index contributed by atoms with van der Waals surface area (Å²) >= 11 is 0. The average molecular weight is 269 g/mol. The Morgan fingerprint density at radius 2 is 1.89 bits per heavy atom. The predicted molar refractivity (Wildman–Crippen MR) is 75.4 cm³/mol. The van der Waals surface area contributed by atoms with E-state index in [2.05, 4.69) is 24.5 Å². The summed E-state index contributed by atoms with van der Waals surface area (Å²) in [6, 6.07) is -0.143. The second-order valence-electron chi connectivity index (χ2n) is 6.01. The number of carbonyl (C=O) groups excluding carboxylic acids is 2. The molecule has 5 nitrogen and oxygen atoms in total. The van der Waals surface area contributed by atoms with E-state index in [0.717, 1.165) is 19.3 Å². The number of hydrogen-bond donors (Lipinski definition) is 3. The lowest BCUT2D eigenvalue weighted by Gasteiger charge is -2.18. The van der Waals surface area contributed by atoms with Crippen molar-refractivity contribution in [3.8, 4) is 0 Å². The fourth-order valence-electron chi connectivity index (χ4n) is 2.11. The zero-order chi connectivity index (χ0) is 14.4. The minimum absolute atomic E-state index is 0.0884. The van der Waals surface area contributed by atoms with Crippen LogP contribution < -0.4 is 16.4 Å². The molecule has 110 valence electrons. The molecule has 2 atom stereocenters. The minimum atomic E-state index is -0.467. The second-order valence-corrected chi connectivity index (χ2v) is 6.01. The maximum absolute atomic E-state index is 11.9. The molecule has 1 rings (SSSR count). The molecule has 0 spiro atoms. The van der Waals surface area contributed by atoms with Gasteiger partial charge >= 0.3 is 0 Å². The van der Waals surface area contributed by atoms with Crippen LogP contribution in [0, 0.1) is 11.8 Å². The normalized spacial score (nSPS) is 17.9. The first-order valence-corrected chi connectivity index (χ1v) is 7.22. The molecule has 0 aromatic rings. The quantitative estimate of drug-likeness (QED) is 0.609. The Kier molecular flexibility index (Phi) is 6.28. The van der Waals surface area contributed by atoms with E-state index >= 15 is 0 Å². The Hall–Kier alpha value is -1.10. The molecule has 0 aromatic heterocycles. The molecule has 0 radical (unpaired) electrons. The fourth-order valence-corrected chi connectivity index (χ4v) is 2.11. The van der Waals surface area contributed by atoms with Gasteiger partial charge in [0.1, 0.15) is 6.04 Å². The number of hydrogen-bond acceptors (Lipinski definition) is 3. The van der Waals surface area contributed by atoms with E-state index in [1.54, 1.807) is 6.92 Å². The number of rotatable bonds is 8. The summed E-state index contributed by atoms with van der Waals surface area (Å²) in [7, 11) is 0. The smallest absolute Gasteiger partial charge is 0.242 e. The monoisotopic (exact) mass is 269 g/mol. The molecule has 1 aliphatic carbocycles. The number of nitrogens with two attached hydrogens (primary N) is 1. The summed E-state index contributed by atoms with van der Waals surface area (Å²) in [5.74, 6) is 0.536. The third-order valence-corrected chi connectivity index (χ3v) is 3.31. The van der Waals surface area contributed by atoms with Crippen LogP contribution in [0.1, 0.15) is 46.5 Å². The molecule has 19 heavy (non-hydrogen) atoms. The summed E-state index contributed by atoms with van der Waals surface area (Å²) in [6.07, 6.45) is 3.44. The van der Waals surface area contributed by atoms with Crippen molar-refractivity contribution in [1.82, 2.24) is 10.6 Å². The van der Waals surface area contributed by atoms with Crippen LogP contribution in [0.4, 0.5) is 0 Å². The lowest BCUT2D eigenvalue weighted by atomic mass is 9.94. The van der Waals surface area contributed by atoms with Crippen molar-refractivity contribution in [1.29, 1.82) is 0 Å². The van der Waals surface area contributed by atoms with Gasteiger partial charge in [0.05, 0.1) is 0 Å². The molecule has 0 aliphatic heterocycles. The first kappa shape index (κ1) is 16.0. The predicted octanol–water partition coefficient (Wildman–Crippen LogP) is 0.781. The van der Waals surface area contributed by atoms with Crippen LogP contribution in [-0.2, 0) is 9.59 Å². The van der Waals surface area contributed by atoms with Gasteiger partial charge in [0.2, 0.25) is 11.8 Å². The topological polar surface area (TPSA) is 84.2 Å². The summed E-state index contributed by atoms with van der Waals surface area (Å²) < 4.78 is 0. The molecule has 5 heteroatoms. The highest BCUT2D eigenvalue weighted by Gasteiger charge is 2.26. The van der Waals surface area contributed by atoms with Crippen molar-refractivity contribution in [3.05, 3.63) is 0 Å². The molecule has 1 saturated carbocycles. The van der Waals surface area contributed by atoms with Crippen LogP contribution in [0.3, 0.4) is 0 Å². The highest BCUT2D eigenvalue weighted by molar-refractivity contribution is 5.87. The van der Waals surface area contributed by atoms with Crippen LogP contribution in [-0.4, -0.2) is 30.4 Å². The summed E-state index contributed by atoms with van der Waals surface area (Å²) in [5.41, 5.74) is 5.67. The standard InChI is InChI=1S/C14H27N3O2/c1-9(2)6-11(8-15)7-13(18)16-10(3)14(19)17-12-4-5-12/h9-12H,4-8,15H2,1-3H3,(H,16,18)(H,17,19)/t10?,11-/m0/s1. The van der Waals surface area contributed by atoms with Crippen molar-refractivity contribution in [2.75, 3.05) is 6.54 Å². The van der Waals surface area contributed by atoms with E-state index in [1.165, 1.54) is 0 Å². The summed E-state index contributed by atoms with van der Waals surface area (Å²) in [4.78, 5) is 23.6. The molecule has 0 bridgehead atoms. The van der Waals surface area contributed by atoms with E-state index in [-0.39, 0.29) is 17.7 Å². The van der Waals surface area contributed by atoms with Crippen LogP contribution in [0.25, 0.3) is 0 Å². The van der Waals surface area contributed by atoms with Crippen LogP contribution in [0.2, 0.25) is 0 Å². The molecule has 0 aromatic carbocycles. The maximum Gasteiger partial charge on any atom is 0.242 e. The highest BCUT2D eigenvalue weighted by Crippen LogP contribution is 2.18. The van der Waals surface area contributed by atoms with Gasteiger partial charge in [0, 0.05) is 12.5 Å². The van der Waals surface area contributed by atoms with Crippen molar-refractivity contribution in [2.24, 2.45) is 17.6 Å². The number of nitrogens with one attached hydrogen (secondary N) is 2. The van der Waals surface area contributed by atoms with Gasteiger partial charge in [-0.1, -0.05) is 13.8 Å². The largest absolute Gasteiger partial charge is 0.352 e. The maximum atomic E-state index is 11.9. The highest BCUT2D eigenvalue weighted by atomic mass is 16.2. The first-order chi connectivity index (χ1) is 8.92. The lowest BCUT2D eigenvalue weighted by Crippen LogP contribution is -2.46. The molecule has 1 fully saturated rings. The second kappa shape index (κ2) is 7.48. The number of carbonyl (C=O) groups is 2. The van der Waals surface area contributed by atoms with Crippen molar-refractivity contribution in [2.45, 2.75) is 58.5 Å². The van der Waals surface area contributed by atoms with Crippen LogP contribution >= 0.6 is 0 Å². The van der Waals surface area contributed by atoms with Crippen molar-refractivity contribution in [3.63, 3.8) is 0 Å². The molecule has 4 N–H and O–H groups in total. The Morgan fingerprint density at radius 3 is 2.37 bits per heavy atom. The lowest BCUT2D eigenvalue weighted by molar-refractivity contribution is -0.129. The zero-order valence-corrected chi connectivity index (χ0v) is 12.2. The van der Waals surface area contributed by atoms with Gasteiger partial charge in [-0.3, -0.25) is 9.59 Å². The molecule has 0 saturated heterocycles. The van der Waals surface area contributed by atoms with Gasteiger partial charge in [0.15, 0.2) is 0 Å². The third kappa shape index (κ3) is 6.57. The Labute approximate surface area is 115 Å². The first-order valence-electron chi connectivity index (χ1n) is 7.22. The van der Waals surface area contributed by atoms with Crippen molar-refractivity contribution < 1.29 is 9.59 Å². The molecule has 1 aliphatic rings. The summed E-state index contributed by atoms with van der Waals surface area (Å²) in [6.45, 7) is 6.46. The van der Waals surface area contributed by atoms with Gasteiger partial charge in [-0.25, -0.2) is 0 Å². The van der Waals surface area contributed by atoms with Gasteiger partial charge < -0.3 is 16.4 Å². The Balaban J connectivity index is 2.29. The molecule has 2 amide bonds. The van der Waals surface area contributed by atoms with Crippen LogP contribution in [0.15, 0.2) is 0 Å². The minimum Gasteiger partial charge on any atom is -0.352 e. The fraction of sp³-hybridized carbons (Fsp3) is 0.857. The van der Waals surface area contributed by atoms with Crippen molar-refractivity contribution >= 4 is 11.8 Å². The molecule has 0 heterocycles. The van der Waals surface area contributed by atoms with Crippen LogP contribution in [0.5, 0.6) is 0 Å². The van der Waals surface area contributed by atoms with E-state index < -0.39 is 6.04 Å². The van der Waals surface area contributed by atoms with Gasteiger partial charge in [0.25, 0.3) is 0 Å². The van der Waals surface area contributed by atoms with Gasteiger partial charge in [-0.2, -0.15) is 0 Å². The van der Waals surface area contributed by atoms with E-state index in [1.807, 2.05) is 0 Å². The Morgan fingerprint density at radius 1 is 1.26 bits per heavy atom. The summed E-state index contributed by atoms with van der Waals surface area (Å²) in [5, 5.41) is 5.62. The van der Waals surface area contributed by atoms with E-state index in [0.29, 0.717) is 24.9 Å². The zero-order valence-electron chi connectivity index (χ0n) is 12.2. The Bertz CT molecular complexity index is 314. The number of amides is 2.